The Hall–Kier alpha value is -3.01. The highest BCUT2D eigenvalue weighted by Gasteiger charge is 2.33. The lowest BCUT2D eigenvalue weighted by Gasteiger charge is -2.29. The van der Waals surface area contributed by atoms with Crippen molar-refractivity contribution in [1.29, 1.82) is 0 Å². The first kappa shape index (κ1) is 22.8. The molecule has 0 unspecified atom stereocenters. The molecule has 0 atom stereocenters. The van der Waals surface area contributed by atoms with Crippen LogP contribution in [0.1, 0.15) is 24.6 Å². The molecule has 9 heteroatoms. The fourth-order valence-corrected chi connectivity index (χ4v) is 7.30. The molecule has 3 heterocycles. The van der Waals surface area contributed by atoms with Crippen LogP contribution in [0, 0.1) is 12.8 Å². The molecule has 0 radical (unpaired) electrons. The van der Waals surface area contributed by atoms with E-state index in [0.29, 0.717) is 45.7 Å². The van der Waals surface area contributed by atoms with Crippen molar-refractivity contribution in [3.05, 3.63) is 65.8 Å². The third-order valence-corrected chi connectivity index (χ3v) is 9.26. The van der Waals surface area contributed by atoms with E-state index in [2.05, 4.69) is 22.2 Å². The molecule has 7 nitrogen and oxygen atoms in total. The topological polar surface area (TPSA) is 84.4 Å². The van der Waals surface area contributed by atoms with E-state index in [-0.39, 0.29) is 0 Å². The fraction of sp³-hybridized carbons (Fsp3) is 0.280. The average molecular weight is 495 g/mol. The number of nitrogens with zero attached hydrogens (tertiary/aromatic N) is 3. The second-order valence-corrected chi connectivity index (χ2v) is 11.6. The molecule has 1 fully saturated rings. The second kappa shape index (κ2) is 9.32. The molecule has 4 aromatic rings. The molecule has 0 saturated carbocycles. The lowest BCUT2D eigenvalue weighted by atomic mass is 10.0. The van der Waals surface area contributed by atoms with Crippen LogP contribution < -0.4 is 10.1 Å². The SMILES string of the molecule is Cc1sc2ncnc(Nc3ccc(Oc4ccccc4)cc3)c2c1S(=O)(=O)N1CCC(C)CC1. The van der Waals surface area contributed by atoms with Crippen molar-refractivity contribution in [1.82, 2.24) is 14.3 Å². The molecule has 0 spiro atoms. The smallest absolute Gasteiger partial charge is 0.244 e. The molecular formula is C25H26N4O3S2. The van der Waals surface area contributed by atoms with Crippen LogP contribution in [-0.4, -0.2) is 35.8 Å². The number of aromatic nitrogens is 2. The van der Waals surface area contributed by atoms with Crippen molar-refractivity contribution >= 4 is 43.1 Å². The third-order valence-electron chi connectivity index (χ3n) is 6.05. The average Bonchev–Trinajstić information content (AvgIpc) is 3.19. The van der Waals surface area contributed by atoms with E-state index in [9.17, 15) is 8.42 Å². The van der Waals surface area contributed by atoms with E-state index >= 15 is 0 Å². The lowest BCUT2D eigenvalue weighted by molar-refractivity contribution is 0.288. The van der Waals surface area contributed by atoms with Crippen LogP contribution in [0.5, 0.6) is 11.5 Å². The maximum absolute atomic E-state index is 13.6. The van der Waals surface area contributed by atoms with Crippen molar-refractivity contribution < 1.29 is 13.2 Å². The van der Waals surface area contributed by atoms with Crippen LogP contribution in [0.25, 0.3) is 10.2 Å². The summed E-state index contributed by atoms with van der Waals surface area (Å²) in [5.74, 6) is 2.49. The molecule has 0 aliphatic carbocycles. The van der Waals surface area contributed by atoms with E-state index < -0.39 is 10.0 Å². The minimum Gasteiger partial charge on any atom is -0.457 e. The van der Waals surface area contributed by atoms with Gasteiger partial charge in [-0.25, -0.2) is 18.4 Å². The molecule has 1 saturated heterocycles. The molecule has 34 heavy (non-hydrogen) atoms. The van der Waals surface area contributed by atoms with Gasteiger partial charge in [0.05, 0.1) is 5.39 Å². The van der Waals surface area contributed by atoms with Gasteiger partial charge < -0.3 is 10.1 Å². The number of hydrogen-bond donors (Lipinski definition) is 1. The Bertz CT molecular complexity index is 1400. The predicted octanol–water partition coefficient (Wildman–Crippen LogP) is 5.96. The first-order chi connectivity index (χ1) is 16.4. The van der Waals surface area contributed by atoms with Gasteiger partial charge in [0, 0.05) is 23.7 Å². The van der Waals surface area contributed by atoms with Gasteiger partial charge in [-0.1, -0.05) is 25.1 Å². The van der Waals surface area contributed by atoms with Crippen molar-refractivity contribution in [2.24, 2.45) is 5.92 Å². The molecule has 5 rings (SSSR count). The van der Waals surface area contributed by atoms with E-state index in [1.165, 1.54) is 17.7 Å². The summed E-state index contributed by atoms with van der Waals surface area (Å²) in [6, 6.07) is 17.1. The zero-order valence-corrected chi connectivity index (χ0v) is 20.7. The van der Waals surface area contributed by atoms with Gasteiger partial charge in [0.25, 0.3) is 0 Å². The van der Waals surface area contributed by atoms with Crippen molar-refractivity contribution in [3.63, 3.8) is 0 Å². The van der Waals surface area contributed by atoms with Crippen LogP contribution in [0.2, 0.25) is 0 Å². The summed E-state index contributed by atoms with van der Waals surface area (Å²) < 4.78 is 34.8. The van der Waals surface area contributed by atoms with E-state index in [4.69, 9.17) is 4.74 Å². The highest BCUT2D eigenvalue weighted by atomic mass is 32.2. The number of sulfonamides is 1. The molecule has 2 aromatic carbocycles. The highest BCUT2D eigenvalue weighted by Crippen LogP contribution is 2.39. The van der Waals surface area contributed by atoms with Gasteiger partial charge in [0.1, 0.15) is 33.4 Å². The van der Waals surface area contributed by atoms with E-state index in [0.717, 1.165) is 29.2 Å². The normalized spacial score (nSPS) is 15.5. The highest BCUT2D eigenvalue weighted by molar-refractivity contribution is 7.89. The molecule has 1 N–H and O–H groups in total. The largest absolute Gasteiger partial charge is 0.457 e. The summed E-state index contributed by atoms with van der Waals surface area (Å²) in [6.45, 7) is 5.09. The monoisotopic (exact) mass is 494 g/mol. The summed E-state index contributed by atoms with van der Waals surface area (Å²) in [7, 11) is -3.65. The van der Waals surface area contributed by atoms with E-state index in [1.807, 2.05) is 61.5 Å². The van der Waals surface area contributed by atoms with E-state index in [1.54, 1.807) is 4.31 Å². The zero-order valence-electron chi connectivity index (χ0n) is 19.1. The minimum atomic E-state index is -3.65. The molecule has 176 valence electrons. The van der Waals surface area contributed by atoms with Crippen molar-refractivity contribution in [2.75, 3.05) is 18.4 Å². The number of fused-ring (bicyclic) bond motifs is 1. The van der Waals surface area contributed by atoms with Crippen LogP contribution in [0.15, 0.2) is 65.8 Å². The summed E-state index contributed by atoms with van der Waals surface area (Å²) in [5, 5.41) is 3.84. The van der Waals surface area contributed by atoms with Crippen molar-refractivity contribution in [2.45, 2.75) is 31.6 Å². The standard InChI is InChI=1S/C25H26N4O3S2/c1-17-12-14-29(15-13-17)34(30,31)23-18(2)33-25-22(23)24(26-16-27-25)28-19-8-10-21(11-9-19)32-20-6-4-3-5-7-20/h3-11,16-17H,12-15H2,1-2H3,(H,26,27,28). The molecule has 1 aliphatic heterocycles. The lowest BCUT2D eigenvalue weighted by Crippen LogP contribution is -2.38. The number of thiophene rings is 1. The summed E-state index contributed by atoms with van der Waals surface area (Å²) in [4.78, 5) is 10.5. The molecule has 1 aliphatic rings. The number of anilines is 2. The number of aryl methyl sites for hydroxylation is 1. The quantitative estimate of drug-likeness (QED) is 0.356. The summed E-state index contributed by atoms with van der Waals surface area (Å²) in [5.41, 5.74) is 0.777. The number of ether oxygens (including phenoxy) is 1. The van der Waals surface area contributed by atoms with Crippen LogP contribution in [0.3, 0.4) is 0 Å². The van der Waals surface area contributed by atoms with Gasteiger partial charge in [0.2, 0.25) is 10.0 Å². The van der Waals surface area contributed by atoms with Crippen LogP contribution >= 0.6 is 11.3 Å². The Morgan fingerprint density at radius 3 is 2.38 bits per heavy atom. The van der Waals surface area contributed by atoms with Gasteiger partial charge in [-0.05, 0) is 62.1 Å². The van der Waals surface area contributed by atoms with Gasteiger partial charge in [-0.2, -0.15) is 4.31 Å². The molecular weight excluding hydrogens is 468 g/mol. The Balaban J connectivity index is 1.45. The van der Waals surface area contributed by atoms with Gasteiger partial charge >= 0.3 is 0 Å². The van der Waals surface area contributed by atoms with Crippen molar-refractivity contribution in [3.8, 4) is 11.5 Å². The number of rotatable bonds is 6. The van der Waals surface area contributed by atoms with Crippen LogP contribution in [0.4, 0.5) is 11.5 Å². The second-order valence-electron chi connectivity index (χ2n) is 8.54. The zero-order chi connectivity index (χ0) is 23.7. The summed E-state index contributed by atoms with van der Waals surface area (Å²) in [6.07, 6.45) is 3.21. The Kier molecular flexibility index (Phi) is 6.24. The third kappa shape index (κ3) is 4.51. The number of nitrogens with one attached hydrogen (secondary N) is 1. The number of hydrogen-bond acceptors (Lipinski definition) is 7. The van der Waals surface area contributed by atoms with Gasteiger partial charge in [-0.3, -0.25) is 0 Å². The Labute approximate surface area is 203 Å². The predicted molar refractivity (Wildman–Crippen MR) is 136 cm³/mol. The van der Waals surface area contributed by atoms with Gasteiger partial charge in [0.15, 0.2) is 0 Å². The molecule has 0 amide bonds. The first-order valence-corrected chi connectivity index (χ1v) is 13.5. The summed E-state index contributed by atoms with van der Waals surface area (Å²) >= 11 is 1.38. The number of piperidine rings is 1. The first-order valence-electron chi connectivity index (χ1n) is 11.3. The van der Waals surface area contributed by atoms with Crippen LogP contribution in [-0.2, 0) is 10.0 Å². The molecule has 0 bridgehead atoms. The number of benzene rings is 2. The maximum atomic E-state index is 13.6. The Morgan fingerprint density at radius 2 is 1.68 bits per heavy atom. The number of para-hydroxylation sites is 1. The fourth-order valence-electron chi connectivity index (χ4n) is 4.15. The minimum absolute atomic E-state index is 0.314. The maximum Gasteiger partial charge on any atom is 0.244 e. The van der Waals surface area contributed by atoms with Gasteiger partial charge in [-0.15, -0.1) is 11.3 Å². The molecule has 2 aromatic heterocycles. The Morgan fingerprint density at radius 1 is 1.00 bits per heavy atom.